The Morgan fingerprint density at radius 1 is 1.38 bits per heavy atom. The van der Waals surface area contributed by atoms with Crippen molar-refractivity contribution in [1.82, 2.24) is 4.90 Å². The fourth-order valence-electron chi connectivity index (χ4n) is 5.82. The van der Waals surface area contributed by atoms with Crippen LogP contribution in [0.25, 0.3) is 0 Å². The molecule has 1 aromatic carbocycles. The first-order valence-corrected chi connectivity index (χ1v) is 9.49. The van der Waals surface area contributed by atoms with Gasteiger partial charge in [-0.15, -0.1) is 12.4 Å². The molecule has 2 aliphatic carbocycles. The largest absolute Gasteiger partial charge is 0.484 e. The fourth-order valence-corrected chi connectivity index (χ4v) is 5.82. The molecular formula is C21H26ClNO6. The number of likely N-dealkylation sites (N-methyl/N-ethyl adjacent to an activating group) is 1. The van der Waals surface area contributed by atoms with Crippen molar-refractivity contribution in [2.45, 2.75) is 50.0 Å². The van der Waals surface area contributed by atoms with Gasteiger partial charge in [-0.1, -0.05) is 18.2 Å². The lowest BCUT2D eigenvalue weighted by atomic mass is 9.53. The van der Waals surface area contributed by atoms with Crippen molar-refractivity contribution in [1.29, 1.82) is 0 Å². The third kappa shape index (κ3) is 2.86. The molecule has 5 rings (SSSR count). The molecule has 0 saturated carbocycles. The molecular weight excluding hydrogens is 398 g/mol. The normalized spacial score (nSPS) is 32.8. The molecule has 1 spiro atoms. The van der Waals surface area contributed by atoms with Gasteiger partial charge in [-0.25, -0.2) is 0 Å². The maximum atomic E-state index is 11.7. The van der Waals surface area contributed by atoms with E-state index >= 15 is 0 Å². The highest BCUT2D eigenvalue weighted by Gasteiger charge is 2.64. The highest BCUT2D eigenvalue weighted by atomic mass is 35.5. The first-order valence-electron chi connectivity index (χ1n) is 9.49. The van der Waals surface area contributed by atoms with E-state index in [0.717, 1.165) is 30.7 Å². The van der Waals surface area contributed by atoms with Crippen LogP contribution in [0.1, 0.15) is 30.0 Å². The van der Waals surface area contributed by atoms with E-state index in [1.54, 1.807) is 0 Å². The molecule has 0 amide bonds. The number of likely N-dealkylation sites (tertiary alicyclic amines) is 1. The van der Waals surface area contributed by atoms with Crippen molar-refractivity contribution in [3.05, 3.63) is 41.0 Å². The van der Waals surface area contributed by atoms with E-state index in [0.29, 0.717) is 18.4 Å². The molecule has 1 aromatic rings. The Hall–Kier alpha value is -2.09. The molecule has 2 bridgehead atoms. The molecule has 8 heteroatoms. The van der Waals surface area contributed by atoms with Crippen LogP contribution in [-0.2, 0) is 37.5 Å². The van der Waals surface area contributed by atoms with Gasteiger partial charge in [0.2, 0.25) is 0 Å². The van der Waals surface area contributed by atoms with Crippen molar-refractivity contribution < 1.29 is 29.3 Å². The van der Waals surface area contributed by atoms with Gasteiger partial charge in [0.1, 0.15) is 18.5 Å². The average molecular weight is 424 g/mol. The van der Waals surface area contributed by atoms with Gasteiger partial charge in [-0.2, -0.15) is 0 Å². The van der Waals surface area contributed by atoms with Crippen LogP contribution in [-0.4, -0.2) is 54.7 Å². The SMILES string of the molecule is CC(=O)O[C@H]1C=C[C@H]2[C@H]3Cc4ccc(COC=O)c5c4[C@@]2(CCN3C)C1O5.Cl.O. The van der Waals surface area contributed by atoms with Crippen LogP contribution < -0.4 is 4.74 Å². The number of ether oxygens (including phenoxy) is 3. The number of hydrogen-bond acceptors (Lipinski definition) is 6. The fraction of sp³-hybridized carbons (Fsp3) is 0.524. The van der Waals surface area contributed by atoms with Gasteiger partial charge >= 0.3 is 5.97 Å². The number of piperidine rings is 1. The maximum Gasteiger partial charge on any atom is 0.303 e. The van der Waals surface area contributed by atoms with Crippen LogP contribution in [0.3, 0.4) is 0 Å². The third-order valence-corrected chi connectivity index (χ3v) is 6.84. The summed E-state index contributed by atoms with van der Waals surface area (Å²) in [5.74, 6) is 0.848. The van der Waals surface area contributed by atoms with Crippen LogP contribution in [0, 0.1) is 5.92 Å². The smallest absolute Gasteiger partial charge is 0.303 e. The van der Waals surface area contributed by atoms with Gasteiger partial charge in [-0.3, -0.25) is 9.59 Å². The van der Waals surface area contributed by atoms with Crippen molar-refractivity contribution >= 4 is 24.8 Å². The van der Waals surface area contributed by atoms with Gasteiger partial charge < -0.3 is 24.6 Å². The van der Waals surface area contributed by atoms with E-state index in [-0.39, 0.29) is 42.0 Å². The molecule has 29 heavy (non-hydrogen) atoms. The minimum atomic E-state index is -0.402. The molecule has 7 nitrogen and oxygen atoms in total. The Kier molecular flexibility index (Phi) is 5.69. The topological polar surface area (TPSA) is 96.6 Å². The van der Waals surface area contributed by atoms with Crippen LogP contribution in [0.15, 0.2) is 24.3 Å². The van der Waals surface area contributed by atoms with Crippen molar-refractivity contribution in [2.24, 2.45) is 5.92 Å². The molecule has 5 atom stereocenters. The minimum absolute atomic E-state index is 0. The van der Waals surface area contributed by atoms with E-state index < -0.39 is 6.10 Å². The maximum absolute atomic E-state index is 11.7. The molecule has 0 aromatic heterocycles. The van der Waals surface area contributed by atoms with Crippen LogP contribution in [0.2, 0.25) is 0 Å². The Labute approximate surface area is 175 Å². The van der Waals surface area contributed by atoms with Gasteiger partial charge in [0.25, 0.3) is 6.47 Å². The zero-order valence-corrected chi connectivity index (χ0v) is 17.2. The summed E-state index contributed by atoms with van der Waals surface area (Å²) in [5.41, 5.74) is 3.23. The number of benzene rings is 1. The summed E-state index contributed by atoms with van der Waals surface area (Å²) in [5, 5.41) is 0. The zero-order chi connectivity index (χ0) is 18.8. The summed E-state index contributed by atoms with van der Waals surface area (Å²) in [6.07, 6.45) is 5.52. The summed E-state index contributed by atoms with van der Waals surface area (Å²) in [4.78, 5) is 24.8. The van der Waals surface area contributed by atoms with E-state index in [1.807, 2.05) is 12.1 Å². The Bertz CT molecular complexity index is 858. The van der Waals surface area contributed by atoms with Crippen molar-refractivity contribution in [3.8, 4) is 5.75 Å². The Morgan fingerprint density at radius 3 is 2.90 bits per heavy atom. The van der Waals surface area contributed by atoms with Gasteiger partial charge in [0.15, 0.2) is 6.10 Å². The summed E-state index contributed by atoms with van der Waals surface area (Å²) in [7, 11) is 2.19. The van der Waals surface area contributed by atoms with Crippen LogP contribution in [0.4, 0.5) is 0 Å². The third-order valence-electron chi connectivity index (χ3n) is 6.84. The van der Waals surface area contributed by atoms with E-state index in [1.165, 1.54) is 18.1 Å². The highest BCUT2D eigenvalue weighted by Crippen LogP contribution is 2.61. The average Bonchev–Trinajstić information content (AvgIpc) is 2.99. The summed E-state index contributed by atoms with van der Waals surface area (Å²) in [6, 6.07) is 4.56. The monoisotopic (exact) mass is 423 g/mol. The summed E-state index contributed by atoms with van der Waals surface area (Å²) >= 11 is 0. The van der Waals surface area contributed by atoms with Gasteiger partial charge in [0, 0.05) is 35.4 Å². The van der Waals surface area contributed by atoms with Crippen LogP contribution >= 0.6 is 12.4 Å². The molecule has 0 radical (unpaired) electrons. The summed E-state index contributed by atoms with van der Waals surface area (Å²) in [6.45, 7) is 3.07. The van der Waals surface area contributed by atoms with Gasteiger partial charge in [-0.05, 0) is 38.1 Å². The zero-order valence-electron chi connectivity index (χ0n) is 16.4. The molecule has 2 aliphatic heterocycles. The standard InChI is InChI=1S/C21H23NO5.ClH.H2O/c1-12(24)26-17-6-5-15-16-9-13-3-4-14(10-25-11-23)19-18(13)21(15,20(17)27-19)7-8-22(16)2;;/h3-6,11,15-17,20H,7-10H2,1-2H3;1H;1H2/t15-,16+,17-,20?,21-;;/m0../s1. The predicted molar refractivity (Wildman–Crippen MR) is 107 cm³/mol. The number of halogens is 1. The molecule has 1 fully saturated rings. The van der Waals surface area contributed by atoms with Crippen molar-refractivity contribution in [3.63, 3.8) is 0 Å². The minimum Gasteiger partial charge on any atom is -0.484 e. The van der Waals surface area contributed by atoms with Crippen molar-refractivity contribution in [2.75, 3.05) is 13.6 Å². The lowest BCUT2D eigenvalue weighted by Crippen LogP contribution is -2.65. The molecule has 1 saturated heterocycles. The van der Waals surface area contributed by atoms with E-state index in [4.69, 9.17) is 14.2 Å². The number of esters is 1. The number of carbonyl (C=O) groups excluding carboxylic acids is 2. The Balaban J connectivity index is 0.00000120. The molecule has 158 valence electrons. The highest BCUT2D eigenvalue weighted by molar-refractivity contribution is 5.85. The molecule has 4 aliphatic rings. The second-order valence-electron chi connectivity index (χ2n) is 8.06. The van der Waals surface area contributed by atoms with E-state index in [2.05, 4.69) is 24.1 Å². The Morgan fingerprint density at radius 2 is 2.17 bits per heavy atom. The molecule has 2 N–H and O–H groups in total. The number of hydrogen-bond donors (Lipinski definition) is 0. The quantitative estimate of drug-likeness (QED) is 0.412. The summed E-state index contributed by atoms with van der Waals surface area (Å²) < 4.78 is 17.2. The molecule has 1 unspecified atom stereocenters. The first-order chi connectivity index (χ1) is 13.1. The number of carbonyl (C=O) groups is 2. The molecule has 2 heterocycles. The first kappa shape index (κ1) is 21.6. The number of nitrogens with zero attached hydrogens (tertiary/aromatic N) is 1. The van der Waals surface area contributed by atoms with Gasteiger partial charge in [0.05, 0.1) is 0 Å². The van der Waals surface area contributed by atoms with Crippen LogP contribution in [0.5, 0.6) is 5.75 Å². The lowest BCUT2D eigenvalue weighted by Gasteiger charge is -2.56. The lowest BCUT2D eigenvalue weighted by molar-refractivity contribution is -0.152. The second-order valence-corrected chi connectivity index (χ2v) is 8.06. The second kappa shape index (κ2) is 7.63. The number of rotatable bonds is 4. The van der Waals surface area contributed by atoms with E-state index in [9.17, 15) is 9.59 Å². The predicted octanol–water partition coefficient (Wildman–Crippen LogP) is 1.33.